The minimum absolute atomic E-state index is 0.1000. The number of carbonyl (C=O) groups excluding carboxylic acids is 2. The van der Waals surface area contributed by atoms with Crippen molar-refractivity contribution in [1.82, 2.24) is 0 Å². The van der Waals surface area contributed by atoms with E-state index in [-0.39, 0.29) is 23.5 Å². The van der Waals surface area contributed by atoms with Crippen molar-refractivity contribution in [2.24, 2.45) is 0 Å². The number of hydrogen-bond donors (Lipinski definition) is 1. The predicted octanol–water partition coefficient (Wildman–Crippen LogP) is 4.65. The fourth-order valence-corrected chi connectivity index (χ4v) is 2.71. The molecule has 0 amide bonds. The Bertz CT molecular complexity index is 910. The van der Waals surface area contributed by atoms with Gasteiger partial charge in [0.1, 0.15) is 5.75 Å². The zero-order valence-corrected chi connectivity index (χ0v) is 12.9. The maximum absolute atomic E-state index is 12.5. The molecule has 0 aliphatic heterocycles. The number of fused-ring (bicyclic) bond motifs is 1. The number of carbonyl (C=O) groups is 2. The third-order valence-electron chi connectivity index (χ3n) is 3.67. The van der Waals surface area contributed by atoms with Crippen LogP contribution in [0.25, 0.3) is 10.8 Å². The number of phenols is 1. The van der Waals surface area contributed by atoms with Crippen LogP contribution in [0.4, 0.5) is 0 Å². The minimum atomic E-state index is -0.433. The number of halogens is 1. The van der Waals surface area contributed by atoms with Crippen molar-refractivity contribution in [1.29, 1.82) is 0 Å². The Labute approximate surface area is 138 Å². The van der Waals surface area contributed by atoms with Gasteiger partial charge >= 0.3 is 0 Å². The summed E-state index contributed by atoms with van der Waals surface area (Å²) in [5.41, 5.74) is 0.605. The zero-order chi connectivity index (χ0) is 16.4. The Hall–Kier alpha value is -2.65. The summed E-state index contributed by atoms with van der Waals surface area (Å²) in [4.78, 5) is 24.8. The number of phenolic OH excluding ortho intramolecular Hbond substituents is 1. The molecule has 0 heterocycles. The zero-order valence-electron chi connectivity index (χ0n) is 12.1. The Kier molecular flexibility index (Phi) is 4.13. The quantitative estimate of drug-likeness (QED) is 0.561. The van der Waals surface area contributed by atoms with Crippen LogP contribution < -0.4 is 0 Å². The molecule has 3 rings (SSSR count). The van der Waals surface area contributed by atoms with Gasteiger partial charge in [0.2, 0.25) is 0 Å². The summed E-state index contributed by atoms with van der Waals surface area (Å²) < 4.78 is 0. The third kappa shape index (κ3) is 3.10. The Balaban J connectivity index is 1.90. The topological polar surface area (TPSA) is 54.4 Å². The summed E-state index contributed by atoms with van der Waals surface area (Å²) in [5, 5.41) is 11.9. The largest absolute Gasteiger partial charge is 0.507 e. The molecule has 0 unspecified atom stereocenters. The van der Waals surface area contributed by atoms with E-state index < -0.39 is 5.78 Å². The second-order valence-corrected chi connectivity index (χ2v) is 5.65. The van der Waals surface area contributed by atoms with Gasteiger partial charge in [0.15, 0.2) is 11.6 Å². The third-order valence-corrected chi connectivity index (χ3v) is 3.91. The number of benzene rings is 3. The Morgan fingerprint density at radius 1 is 0.870 bits per heavy atom. The molecule has 1 N–H and O–H groups in total. The van der Waals surface area contributed by atoms with E-state index in [4.69, 9.17) is 11.6 Å². The van der Waals surface area contributed by atoms with Crippen molar-refractivity contribution in [3.8, 4) is 5.75 Å². The molecule has 3 nitrogen and oxygen atoms in total. The Morgan fingerprint density at radius 3 is 2.35 bits per heavy atom. The molecule has 0 spiro atoms. The van der Waals surface area contributed by atoms with E-state index in [0.29, 0.717) is 10.6 Å². The first-order valence-electron chi connectivity index (χ1n) is 7.09. The van der Waals surface area contributed by atoms with Crippen molar-refractivity contribution in [3.63, 3.8) is 0 Å². The first-order chi connectivity index (χ1) is 11.1. The van der Waals surface area contributed by atoms with Crippen molar-refractivity contribution >= 4 is 33.9 Å². The summed E-state index contributed by atoms with van der Waals surface area (Å²) in [6.07, 6.45) is -0.302. The van der Waals surface area contributed by atoms with Crippen molar-refractivity contribution < 1.29 is 14.7 Å². The van der Waals surface area contributed by atoms with Crippen LogP contribution in [0.15, 0.2) is 60.7 Å². The van der Waals surface area contributed by atoms with Gasteiger partial charge in [-0.05, 0) is 29.0 Å². The van der Waals surface area contributed by atoms with E-state index in [9.17, 15) is 14.7 Å². The van der Waals surface area contributed by atoms with Crippen LogP contribution in [0.1, 0.15) is 27.1 Å². The highest BCUT2D eigenvalue weighted by molar-refractivity contribution is 6.31. The maximum Gasteiger partial charge on any atom is 0.174 e. The van der Waals surface area contributed by atoms with E-state index in [2.05, 4.69) is 0 Å². The number of Topliss-reactive ketones (excluding diaryl/α,β-unsaturated/α-hetero) is 2. The van der Waals surface area contributed by atoms with Gasteiger partial charge in [-0.3, -0.25) is 9.59 Å². The van der Waals surface area contributed by atoms with Crippen LogP contribution in [0, 0.1) is 0 Å². The van der Waals surface area contributed by atoms with E-state index in [1.165, 1.54) is 18.2 Å². The van der Waals surface area contributed by atoms with Gasteiger partial charge in [-0.2, -0.15) is 0 Å². The van der Waals surface area contributed by atoms with Crippen LogP contribution in [0.5, 0.6) is 5.75 Å². The molecule has 0 aliphatic carbocycles. The highest BCUT2D eigenvalue weighted by Gasteiger charge is 2.18. The van der Waals surface area contributed by atoms with Gasteiger partial charge in [-0.1, -0.05) is 54.1 Å². The summed E-state index contributed by atoms with van der Waals surface area (Å²) in [5.74, 6) is -0.925. The Morgan fingerprint density at radius 2 is 1.57 bits per heavy atom. The summed E-state index contributed by atoms with van der Waals surface area (Å²) in [6.45, 7) is 0. The lowest BCUT2D eigenvalue weighted by Gasteiger charge is -2.07. The molecule has 3 aromatic carbocycles. The minimum Gasteiger partial charge on any atom is -0.507 e. The second-order valence-electron chi connectivity index (χ2n) is 5.21. The molecule has 3 aromatic rings. The molecule has 114 valence electrons. The molecule has 0 saturated carbocycles. The fourth-order valence-electron chi connectivity index (χ4n) is 2.55. The van der Waals surface area contributed by atoms with Crippen molar-refractivity contribution in [3.05, 3.63) is 76.8 Å². The number of hydrogen-bond acceptors (Lipinski definition) is 3. The van der Waals surface area contributed by atoms with Crippen LogP contribution in [0.2, 0.25) is 5.02 Å². The summed E-state index contributed by atoms with van der Waals surface area (Å²) >= 11 is 5.75. The number of ketones is 2. The first kappa shape index (κ1) is 15.3. The number of aromatic hydroxyl groups is 1. The molecule has 0 saturated heterocycles. The highest BCUT2D eigenvalue weighted by atomic mass is 35.5. The van der Waals surface area contributed by atoms with Crippen LogP contribution in [0.3, 0.4) is 0 Å². The lowest BCUT2D eigenvalue weighted by atomic mass is 9.96. The molecule has 0 fully saturated rings. The molecule has 23 heavy (non-hydrogen) atoms. The van der Waals surface area contributed by atoms with Gasteiger partial charge in [0, 0.05) is 10.6 Å². The highest BCUT2D eigenvalue weighted by Crippen LogP contribution is 2.25. The standard InChI is InChI=1S/C19H13ClO3/c20-13-8-9-16(17(21)10-13)19(23)11-18(22)15-7-3-5-12-4-1-2-6-14(12)15/h1-10,21H,11H2. The monoisotopic (exact) mass is 324 g/mol. The molecular weight excluding hydrogens is 312 g/mol. The van der Waals surface area contributed by atoms with Gasteiger partial charge in [0.05, 0.1) is 12.0 Å². The normalized spacial score (nSPS) is 10.7. The maximum atomic E-state index is 12.5. The lowest BCUT2D eigenvalue weighted by molar-refractivity contribution is 0.0894. The van der Waals surface area contributed by atoms with Gasteiger partial charge in [-0.15, -0.1) is 0 Å². The van der Waals surface area contributed by atoms with Gasteiger partial charge in [0.25, 0.3) is 0 Å². The fraction of sp³-hybridized carbons (Fsp3) is 0.0526. The molecule has 0 aromatic heterocycles. The molecule has 4 heteroatoms. The van der Waals surface area contributed by atoms with Crippen LogP contribution >= 0.6 is 11.6 Å². The van der Waals surface area contributed by atoms with E-state index in [1.807, 2.05) is 30.3 Å². The first-order valence-corrected chi connectivity index (χ1v) is 7.47. The summed E-state index contributed by atoms with van der Waals surface area (Å²) in [6, 6.07) is 17.2. The van der Waals surface area contributed by atoms with Crippen LogP contribution in [-0.4, -0.2) is 16.7 Å². The number of rotatable bonds is 4. The van der Waals surface area contributed by atoms with E-state index in [0.717, 1.165) is 10.8 Å². The van der Waals surface area contributed by atoms with Gasteiger partial charge in [-0.25, -0.2) is 0 Å². The molecule has 0 atom stereocenters. The average molecular weight is 325 g/mol. The average Bonchev–Trinajstić information content (AvgIpc) is 2.54. The van der Waals surface area contributed by atoms with Crippen molar-refractivity contribution in [2.45, 2.75) is 6.42 Å². The van der Waals surface area contributed by atoms with E-state index >= 15 is 0 Å². The van der Waals surface area contributed by atoms with Gasteiger partial charge < -0.3 is 5.11 Å². The molecule has 0 aliphatic rings. The van der Waals surface area contributed by atoms with Crippen molar-refractivity contribution in [2.75, 3.05) is 0 Å². The second kappa shape index (κ2) is 6.23. The van der Waals surface area contributed by atoms with Crippen LogP contribution in [-0.2, 0) is 0 Å². The SMILES string of the molecule is O=C(CC(=O)c1cccc2ccccc12)c1ccc(Cl)cc1O. The molecule has 0 bridgehead atoms. The predicted molar refractivity (Wildman–Crippen MR) is 90.3 cm³/mol. The molecular formula is C19H13ClO3. The summed E-state index contributed by atoms with van der Waals surface area (Å²) in [7, 11) is 0. The smallest absolute Gasteiger partial charge is 0.174 e. The van der Waals surface area contributed by atoms with E-state index in [1.54, 1.807) is 12.1 Å². The lowest BCUT2D eigenvalue weighted by Crippen LogP contribution is -2.09. The molecule has 0 radical (unpaired) electrons.